The summed E-state index contributed by atoms with van der Waals surface area (Å²) >= 11 is 0. The molecule has 1 heterocycles. The van der Waals surface area contributed by atoms with Gasteiger partial charge in [-0.3, -0.25) is 9.79 Å². The van der Waals surface area contributed by atoms with Crippen molar-refractivity contribution in [3.8, 4) is 0 Å². The van der Waals surface area contributed by atoms with Gasteiger partial charge in [0.2, 0.25) is 5.54 Å². The molecule has 3 nitrogen and oxygen atoms in total. The molecule has 0 saturated carbocycles. The van der Waals surface area contributed by atoms with Crippen LogP contribution in [0.25, 0.3) is 0 Å². The fourth-order valence-corrected chi connectivity index (χ4v) is 2.05. The van der Waals surface area contributed by atoms with Crippen LogP contribution in [0, 0.1) is 0 Å². The van der Waals surface area contributed by atoms with Gasteiger partial charge in [-0.05, 0) is 12.5 Å². The van der Waals surface area contributed by atoms with Crippen LogP contribution in [0.3, 0.4) is 0 Å². The molecule has 0 fully saturated rings. The zero-order chi connectivity index (χ0) is 15.0. The largest absolute Gasteiger partial charge is 0.425 e. The van der Waals surface area contributed by atoms with Crippen LogP contribution in [-0.2, 0) is 15.1 Å². The third kappa shape index (κ3) is 2.33. The smallest absolute Gasteiger partial charge is 0.421 e. The van der Waals surface area contributed by atoms with E-state index in [1.807, 2.05) is 0 Å². The minimum absolute atomic E-state index is 0.0194. The number of nitrogens with zero attached hydrogens (tertiary/aromatic N) is 1. The van der Waals surface area contributed by atoms with Gasteiger partial charge in [-0.25, -0.2) is 0 Å². The lowest BCUT2D eigenvalue weighted by atomic mass is 9.90. The van der Waals surface area contributed by atoms with E-state index in [0.717, 1.165) is 13.0 Å². The Morgan fingerprint density at radius 2 is 1.85 bits per heavy atom. The van der Waals surface area contributed by atoms with Gasteiger partial charge in [-0.1, -0.05) is 30.3 Å². The van der Waals surface area contributed by atoms with E-state index in [-0.39, 0.29) is 17.0 Å². The molecule has 2 rings (SSSR count). The van der Waals surface area contributed by atoms with Crippen LogP contribution in [0.5, 0.6) is 0 Å². The summed E-state index contributed by atoms with van der Waals surface area (Å²) in [5, 5.41) is 0. The maximum Gasteiger partial charge on any atom is 0.421 e. The second-order valence-corrected chi connectivity index (χ2v) is 4.43. The Morgan fingerprint density at radius 1 is 1.25 bits per heavy atom. The first-order chi connectivity index (χ1) is 9.26. The molecular formula is C14H12F3NO2. The second kappa shape index (κ2) is 4.77. The fourth-order valence-electron chi connectivity index (χ4n) is 2.05. The van der Waals surface area contributed by atoms with Gasteiger partial charge < -0.3 is 4.74 Å². The summed E-state index contributed by atoms with van der Waals surface area (Å²) in [5.41, 5.74) is -2.47. The van der Waals surface area contributed by atoms with Gasteiger partial charge in [-0.2, -0.15) is 13.2 Å². The van der Waals surface area contributed by atoms with Crippen molar-refractivity contribution in [3.63, 3.8) is 0 Å². The van der Waals surface area contributed by atoms with Crippen LogP contribution in [0.1, 0.15) is 19.4 Å². The number of esters is 1. The zero-order valence-corrected chi connectivity index (χ0v) is 10.9. The van der Waals surface area contributed by atoms with Crippen LogP contribution in [0.2, 0.25) is 0 Å². The molecule has 1 unspecified atom stereocenters. The molecular weight excluding hydrogens is 271 g/mol. The average molecular weight is 283 g/mol. The van der Waals surface area contributed by atoms with E-state index in [9.17, 15) is 18.0 Å². The number of aliphatic imine (C=N–C) groups is 1. The minimum atomic E-state index is -4.63. The Labute approximate surface area is 113 Å². The van der Waals surface area contributed by atoms with E-state index in [0.29, 0.717) is 0 Å². The van der Waals surface area contributed by atoms with Gasteiger partial charge in [0.25, 0.3) is 0 Å². The number of hydrogen-bond acceptors (Lipinski definition) is 3. The van der Waals surface area contributed by atoms with E-state index in [2.05, 4.69) is 4.99 Å². The number of benzene rings is 1. The van der Waals surface area contributed by atoms with Crippen LogP contribution in [-0.4, -0.2) is 17.9 Å². The number of hydrogen-bond donors (Lipinski definition) is 0. The summed E-state index contributed by atoms with van der Waals surface area (Å²) in [6.45, 7) is 2.51. The lowest BCUT2D eigenvalue weighted by Gasteiger charge is -2.27. The number of alkyl halides is 3. The average Bonchev–Trinajstić information content (AvgIpc) is 2.68. The minimum Gasteiger partial charge on any atom is -0.425 e. The van der Waals surface area contributed by atoms with E-state index in [4.69, 9.17) is 4.74 Å². The van der Waals surface area contributed by atoms with Crippen molar-refractivity contribution in [3.05, 3.63) is 47.7 Å². The van der Waals surface area contributed by atoms with Crippen LogP contribution in [0.4, 0.5) is 13.2 Å². The van der Waals surface area contributed by atoms with Crippen LogP contribution >= 0.6 is 0 Å². The van der Waals surface area contributed by atoms with Crippen molar-refractivity contribution >= 4 is 11.7 Å². The highest BCUT2D eigenvalue weighted by Crippen LogP contribution is 2.47. The number of carbonyl (C=O) groups excluding carboxylic acids is 1. The number of rotatable bonds is 2. The molecule has 1 aliphatic heterocycles. The highest BCUT2D eigenvalue weighted by atomic mass is 19.4. The van der Waals surface area contributed by atoms with E-state index in [1.54, 1.807) is 6.07 Å². The third-order valence-electron chi connectivity index (χ3n) is 2.94. The monoisotopic (exact) mass is 283 g/mol. The molecule has 0 aliphatic carbocycles. The molecule has 0 aromatic heterocycles. The molecule has 0 spiro atoms. The van der Waals surface area contributed by atoms with Crippen molar-refractivity contribution < 1.29 is 22.7 Å². The van der Waals surface area contributed by atoms with Crippen LogP contribution in [0.15, 0.2) is 47.2 Å². The number of ether oxygens (including phenoxy) is 1. The van der Waals surface area contributed by atoms with Gasteiger partial charge in [0.05, 0.1) is 5.71 Å². The number of carbonyl (C=O) groups is 1. The van der Waals surface area contributed by atoms with Crippen molar-refractivity contribution in [2.24, 2.45) is 4.99 Å². The molecule has 20 heavy (non-hydrogen) atoms. The predicted molar refractivity (Wildman–Crippen MR) is 67.1 cm³/mol. The highest BCUT2D eigenvalue weighted by Gasteiger charge is 2.57. The topological polar surface area (TPSA) is 38.7 Å². The number of allylic oxidation sites excluding steroid dienone is 1. The standard InChI is InChI=1S/C14H12F3NO2/c1-9-12(20-10(2)19)8-13(18-9,14(15,16)17)11-6-4-3-5-7-11/h3-8H,1-2H3. The first-order valence-corrected chi connectivity index (χ1v) is 5.86. The Hall–Kier alpha value is -2.11. The van der Waals surface area contributed by atoms with Gasteiger partial charge in [0.1, 0.15) is 0 Å². The summed E-state index contributed by atoms with van der Waals surface area (Å²) in [5.74, 6) is -0.837. The lowest BCUT2D eigenvalue weighted by molar-refractivity contribution is -0.173. The van der Waals surface area contributed by atoms with Crippen molar-refractivity contribution in [2.45, 2.75) is 25.6 Å². The maximum atomic E-state index is 13.5. The van der Waals surface area contributed by atoms with Gasteiger partial charge in [0, 0.05) is 13.0 Å². The SMILES string of the molecule is CC(=O)OC1=CC(c2ccccc2)(C(F)(F)F)N=C1C. The van der Waals surface area contributed by atoms with Gasteiger partial charge in [-0.15, -0.1) is 0 Å². The third-order valence-corrected chi connectivity index (χ3v) is 2.94. The Balaban J connectivity index is 2.58. The summed E-state index contributed by atoms with van der Waals surface area (Å²) in [4.78, 5) is 14.7. The molecule has 0 radical (unpaired) electrons. The summed E-state index contributed by atoms with van der Waals surface area (Å²) in [6.07, 6.45) is -3.78. The van der Waals surface area contributed by atoms with E-state index in [1.165, 1.54) is 31.2 Å². The Morgan fingerprint density at radius 3 is 2.35 bits per heavy atom. The first kappa shape index (κ1) is 14.3. The molecule has 1 atom stereocenters. The fraction of sp³-hybridized carbons (Fsp3) is 0.286. The van der Waals surface area contributed by atoms with E-state index >= 15 is 0 Å². The molecule has 106 valence electrons. The van der Waals surface area contributed by atoms with Gasteiger partial charge >= 0.3 is 12.1 Å². The first-order valence-electron chi connectivity index (χ1n) is 5.86. The summed E-state index contributed by atoms with van der Waals surface area (Å²) in [7, 11) is 0. The molecule has 1 aliphatic rings. The molecule has 6 heteroatoms. The molecule has 1 aromatic rings. The Kier molecular flexibility index (Phi) is 3.41. The molecule has 1 aromatic carbocycles. The molecule has 0 N–H and O–H groups in total. The molecule has 0 bridgehead atoms. The van der Waals surface area contributed by atoms with Crippen molar-refractivity contribution in [2.75, 3.05) is 0 Å². The normalized spacial score (nSPS) is 22.2. The van der Waals surface area contributed by atoms with Gasteiger partial charge in [0.15, 0.2) is 5.76 Å². The maximum absolute atomic E-state index is 13.5. The number of halogens is 3. The van der Waals surface area contributed by atoms with Crippen molar-refractivity contribution in [1.29, 1.82) is 0 Å². The highest BCUT2D eigenvalue weighted by molar-refractivity contribution is 6.00. The lowest BCUT2D eigenvalue weighted by Crippen LogP contribution is -2.37. The van der Waals surface area contributed by atoms with Crippen molar-refractivity contribution in [1.82, 2.24) is 0 Å². The second-order valence-electron chi connectivity index (χ2n) is 4.43. The summed E-state index contributed by atoms with van der Waals surface area (Å²) < 4.78 is 45.3. The quantitative estimate of drug-likeness (QED) is 0.781. The molecule has 0 amide bonds. The zero-order valence-electron chi connectivity index (χ0n) is 10.9. The molecule has 0 saturated heterocycles. The van der Waals surface area contributed by atoms with Crippen LogP contribution < -0.4 is 0 Å². The Bertz CT molecular complexity index is 590. The van der Waals surface area contributed by atoms with E-state index < -0.39 is 17.7 Å². The summed E-state index contributed by atoms with van der Waals surface area (Å²) in [6, 6.07) is 7.32. The predicted octanol–water partition coefficient (Wildman–Crippen LogP) is 3.37.